The van der Waals surface area contributed by atoms with Crippen LogP contribution in [0.15, 0.2) is 79.9 Å². The van der Waals surface area contributed by atoms with Gasteiger partial charge in [-0.25, -0.2) is 0 Å². The second-order valence-corrected chi connectivity index (χ2v) is 5.57. The van der Waals surface area contributed by atoms with Crippen molar-refractivity contribution in [3.05, 3.63) is 96.1 Å². The van der Waals surface area contributed by atoms with Gasteiger partial charge in [-0.1, -0.05) is 81.1 Å². The van der Waals surface area contributed by atoms with Gasteiger partial charge in [0, 0.05) is 17.9 Å². The molecule has 0 aromatic heterocycles. The smallest absolute Gasteiger partial charge is 0.159 e. The van der Waals surface area contributed by atoms with Gasteiger partial charge < -0.3 is 0 Å². The van der Waals surface area contributed by atoms with Crippen LogP contribution in [-0.4, -0.2) is 11.6 Å². The number of aryl methyl sites for hydroxylation is 1. The fourth-order valence-corrected chi connectivity index (χ4v) is 2.02. The van der Waals surface area contributed by atoms with Gasteiger partial charge in [-0.05, 0) is 41.8 Å². The van der Waals surface area contributed by atoms with Crippen LogP contribution in [0.25, 0.3) is 0 Å². The van der Waals surface area contributed by atoms with E-state index in [-0.39, 0.29) is 11.6 Å². The molecule has 26 heavy (non-hydrogen) atoms. The van der Waals surface area contributed by atoms with Gasteiger partial charge in [0.1, 0.15) is 0 Å². The van der Waals surface area contributed by atoms with Gasteiger partial charge in [0.15, 0.2) is 11.6 Å². The molecule has 0 heterocycles. The molecule has 0 unspecified atom stereocenters. The number of hydrogen-bond donors (Lipinski definition) is 0. The Morgan fingerprint density at radius 1 is 0.846 bits per heavy atom. The molecule has 2 aromatic carbocycles. The molecule has 0 radical (unpaired) electrons. The lowest BCUT2D eigenvalue weighted by Gasteiger charge is -1.98. The number of benzene rings is 2. The summed E-state index contributed by atoms with van der Waals surface area (Å²) in [5.74, 6) is 0.145. The highest BCUT2D eigenvalue weighted by Crippen LogP contribution is 2.11. The van der Waals surface area contributed by atoms with Gasteiger partial charge in [-0.15, -0.1) is 0 Å². The summed E-state index contributed by atoms with van der Waals surface area (Å²) in [5.41, 5.74) is 2.16. The van der Waals surface area contributed by atoms with E-state index < -0.39 is 0 Å². The maximum Gasteiger partial charge on any atom is 0.159 e. The first-order valence-corrected chi connectivity index (χ1v) is 9.02. The van der Waals surface area contributed by atoms with E-state index in [1.54, 1.807) is 0 Å². The summed E-state index contributed by atoms with van der Waals surface area (Å²) >= 11 is 5.72. The Morgan fingerprint density at radius 2 is 1.38 bits per heavy atom. The molecule has 0 amide bonds. The number of halogens is 1. The van der Waals surface area contributed by atoms with E-state index in [0.717, 1.165) is 22.6 Å². The van der Waals surface area contributed by atoms with Gasteiger partial charge in [-0.2, -0.15) is 0 Å². The van der Waals surface area contributed by atoms with Crippen molar-refractivity contribution in [1.82, 2.24) is 0 Å². The van der Waals surface area contributed by atoms with Crippen LogP contribution in [0, 0.1) is 0 Å². The fraction of sp³-hybridized carbons (Fsp3) is 0.217. The molecule has 2 rings (SSSR count). The summed E-state index contributed by atoms with van der Waals surface area (Å²) in [4.78, 5) is 21.8. The minimum atomic E-state index is 0.0659. The molecule has 0 aliphatic rings. The number of hydrogen-bond acceptors (Lipinski definition) is 2. The van der Waals surface area contributed by atoms with Crippen LogP contribution in [0.2, 0.25) is 5.02 Å². The Bertz CT molecular complexity index is 673. The molecular formula is C23H27ClO2. The van der Waals surface area contributed by atoms with Crippen molar-refractivity contribution >= 4 is 23.2 Å². The summed E-state index contributed by atoms with van der Waals surface area (Å²) in [6.45, 7) is 10.8. The second kappa shape index (κ2) is 14.9. The van der Waals surface area contributed by atoms with Crippen molar-refractivity contribution in [2.45, 2.75) is 33.1 Å². The lowest BCUT2D eigenvalue weighted by Crippen LogP contribution is -1.96. The van der Waals surface area contributed by atoms with Crippen LogP contribution in [0.4, 0.5) is 0 Å². The summed E-state index contributed by atoms with van der Waals surface area (Å²) < 4.78 is 0. The van der Waals surface area contributed by atoms with E-state index >= 15 is 0 Å². The topological polar surface area (TPSA) is 34.1 Å². The Hall–Kier alpha value is -2.45. The van der Waals surface area contributed by atoms with Crippen molar-refractivity contribution in [2.24, 2.45) is 0 Å². The zero-order valence-electron chi connectivity index (χ0n) is 15.6. The molecule has 3 heteroatoms. The highest BCUT2D eigenvalue weighted by Gasteiger charge is 1.97. The molecule has 0 spiro atoms. The zero-order chi connectivity index (χ0) is 19.8. The molecule has 0 aliphatic carbocycles. The van der Waals surface area contributed by atoms with Crippen LogP contribution < -0.4 is 0 Å². The number of ketones is 2. The average molecular weight is 371 g/mol. The second-order valence-electron chi connectivity index (χ2n) is 5.13. The van der Waals surface area contributed by atoms with Crippen molar-refractivity contribution in [3.8, 4) is 0 Å². The van der Waals surface area contributed by atoms with Crippen molar-refractivity contribution in [2.75, 3.05) is 0 Å². The van der Waals surface area contributed by atoms with Crippen LogP contribution in [0.5, 0.6) is 0 Å². The lowest BCUT2D eigenvalue weighted by atomic mass is 10.1. The van der Waals surface area contributed by atoms with Gasteiger partial charge in [-0.3, -0.25) is 9.59 Å². The lowest BCUT2D eigenvalue weighted by molar-refractivity contribution is -0.115. The van der Waals surface area contributed by atoms with Crippen LogP contribution >= 0.6 is 11.6 Å². The van der Waals surface area contributed by atoms with Crippen LogP contribution in [0.3, 0.4) is 0 Å². The molecule has 0 bridgehead atoms. The Balaban J connectivity index is 0.000000444. The Labute approximate surface area is 162 Å². The predicted octanol–water partition coefficient (Wildman–Crippen LogP) is 6.04. The number of rotatable bonds is 7. The van der Waals surface area contributed by atoms with E-state index in [1.807, 2.05) is 68.4 Å². The highest BCUT2D eigenvalue weighted by atomic mass is 35.5. The van der Waals surface area contributed by atoms with Crippen molar-refractivity contribution < 1.29 is 9.59 Å². The number of allylic oxidation sites excluding steroid dienone is 2. The fourth-order valence-electron chi connectivity index (χ4n) is 1.89. The third-order valence-electron chi connectivity index (χ3n) is 3.25. The van der Waals surface area contributed by atoms with Gasteiger partial charge in [0.2, 0.25) is 0 Å². The Morgan fingerprint density at radius 3 is 1.88 bits per heavy atom. The molecule has 0 N–H and O–H groups in total. The molecule has 0 saturated carbocycles. The quantitative estimate of drug-likeness (QED) is 0.557. The largest absolute Gasteiger partial charge is 0.295 e. The van der Waals surface area contributed by atoms with E-state index in [0.29, 0.717) is 12.8 Å². The van der Waals surface area contributed by atoms with Crippen molar-refractivity contribution in [3.63, 3.8) is 0 Å². The van der Waals surface area contributed by atoms with E-state index in [2.05, 4.69) is 13.2 Å². The normalized spacial score (nSPS) is 8.88. The SMILES string of the molecule is C=CC(=O)CCc1ccc(Cl)cc1.C=CC(=O)Cc1ccccc1.CC. The molecule has 0 aliphatic heterocycles. The average Bonchev–Trinajstić information content (AvgIpc) is 2.70. The van der Waals surface area contributed by atoms with Gasteiger partial charge in [0.05, 0.1) is 0 Å². The van der Waals surface area contributed by atoms with E-state index in [1.165, 1.54) is 12.2 Å². The summed E-state index contributed by atoms with van der Waals surface area (Å²) in [5, 5.41) is 0.721. The summed E-state index contributed by atoms with van der Waals surface area (Å²) in [6.07, 6.45) is 4.44. The molecule has 0 atom stereocenters. The standard InChI is InChI=1S/C11H11ClO.C10H10O.C2H6/c1-2-11(13)8-5-9-3-6-10(12)7-4-9;1-2-10(11)8-9-6-4-3-5-7-9;1-2/h2-4,6-7H,1,5,8H2;2-7H,1,8H2;1-2H3. The predicted molar refractivity (Wildman–Crippen MR) is 112 cm³/mol. The first kappa shape index (κ1) is 23.5. The maximum absolute atomic E-state index is 10.9. The minimum Gasteiger partial charge on any atom is -0.295 e. The minimum absolute atomic E-state index is 0.0659. The van der Waals surface area contributed by atoms with Crippen LogP contribution in [0.1, 0.15) is 31.4 Å². The van der Waals surface area contributed by atoms with E-state index in [9.17, 15) is 9.59 Å². The van der Waals surface area contributed by atoms with E-state index in [4.69, 9.17) is 11.6 Å². The molecule has 2 nitrogen and oxygen atoms in total. The summed E-state index contributed by atoms with van der Waals surface area (Å²) in [7, 11) is 0. The van der Waals surface area contributed by atoms with Gasteiger partial charge >= 0.3 is 0 Å². The zero-order valence-corrected chi connectivity index (χ0v) is 16.3. The van der Waals surface area contributed by atoms with Crippen molar-refractivity contribution in [1.29, 1.82) is 0 Å². The number of carbonyl (C=O) groups is 2. The molecular weight excluding hydrogens is 344 g/mol. The first-order chi connectivity index (χ1) is 12.5. The monoisotopic (exact) mass is 370 g/mol. The summed E-state index contributed by atoms with van der Waals surface area (Å²) in [6, 6.07) is 17.2. The molecule has 0 fully saturated rings. The first-order valence-electron chi connectivity index (χ1n) is 8.64. The third kappa shape index (κ3) is 11.2. The Kier molecular flexibility index (Phi) is 13.5. The highest BCUT2D eigenvalue weighted by molar-refractivity contribution is 6.30. The maximum atomic E-state index is 10.9. The molecule has 138 valence electrons. The third-order valence-corrected chi connectivity index (χ3v) is 3.50. The van der Waals surface area contributed by atoms with Gasteiger partial charge in [0.25, 0.3) is 0 Å². The molecule has 0 saturated heterocycles. The molecule has 2 aromatic rings. The number of carbonyl (C=O) groups excluding carboxylic acids is 2. The van der Waals surface area contributed by atoms with Crippen LogP contribution in [-0.2, 0) is 22.4 Å².